The van der Waals surface area contributed by atoms with Gasteiger partial charge in [-0.3, -0.25) is 0 Å². The van der Waals surface area contributed by atoms with Crippen molar-refractivity contribution >= 4 is 27.6 Å². The van der Waals surface area contributed by atoms with Gasteiger partial charge in [0, 0.05) is 11.5 Å². The second-order valence-electron chi connectivity index (χ2n) is 6.60. The highest BCUT2D eigenvalue weighted by molar-refractivity contribution is 9.10. The van der Waals surface area contributed by atoms with E-state index in [1.54, 1.807) is 12.1 Å². The van der Waals surface area contributed by atoms with E-state index in [1.165, 1.54) is 0 Å². The lowest BCUT2D eigenvalue weighted by Crippen LogP contribution is -2.22. The summed E-state index contributed by atoms with van der Waals surface area (Å²) >= 11 is 3.52. The van der Waals surface area contributed by atoms with Crippen molar-refractivity contribution in [3.05, 3.63) is 94.0 Å². The quantitative estimate of drug-likeness (QED) is 0.495. The van der Waals surface area contributed by atoms with E-state index in [9.17, 15) is 4.79 Å². The fourth-order valence-corrected chi connectivity index (χ4v) is 3.31. The first kappa shape index (κ1) is 20.0. The minimum Gasteiger partial charge on any atom is -0.487 e. The monoisotopic (exact) mass is 439 g/mol. The van der Waals surface area contributed by atoms with Crippen molar-refractivity contribution in [2.75, 3.05) is 11.9 Å². The number of benzene rings is 3. The first-order valence-corrected chi connectivity index (χ1v) is 9.77. The fourth-order valence-electron chi connectivity index (χ4n) is 2.97. The minimum absolute atomic E-state index is 0.0445. The van der Waals surface area contributed by atoms with E-state index in [4.69, 9.17) is 9.84 Å². The Bertz CT molecular complexity index is 942. The van der Waals surface area contributed by atoms with Crippen LogP contribution in [-0.4, -0.2) is 18.1 Å². The third-order valence-electron chi connectivity index (χ3n) is 4.76. The number of rotatable bonds is 7. The molecule has 1 unspecified atom stereocenters. The van der Waals surface area contributed by atoms with Gasteiger partial charge in [0.2, 0.25) is 0 Å². The molecule has 0 aliphatic rings. The van der Waals surface area contributed by atoms with Crippen LogP contribution < -0.4 is 9.64 Å². The zero-order valence-electron chi connectivity index (χ0n) is 15.8. The molecule has 0 aromatic heterocycles. The molecule has 0 saturated carbocycles. The van der Waals surface area contributed by atoms with E-state index in [0.29, 0.717) is 6.61 Å². The van der Waals surface area contributed by atoms with Gasteiger partial charge in [0.05, 0.1) is 17.3 Å². The molecular weight excluding hydrogens is 418 g/mol. The predicted octanol–water partition coefficient (Wildman–Crippen LogP) is 5.92. The number of anilines is 1. The first-order chi connectivity index (χ1) is 13.5. The molecule has 0 radical (unpaired) electrons. The van der Waals surface area contributed by atoms with Gasteiger partial charge in [-0.25, -0.2) is 4.79 Å². The summed E-state index contributed by atoms with van der Waals surface area (Å²) in [6, 6.07) is 23.0. The molecule has 0 heterocycles. The second kappa shape index (κ2) is 8.93. The number of carboxylic acid groups (broad SMARTS) is 1. The van der Waals surface area contributed by atoms with Crippen molar-refractivity contribution in [1.82, 2.24) is 0 Å². The Balaban J connectivity index is 1.82. The Morgan fingerprint density at radius 1 is 1.07 bits per heavy atom. The average molecular weight is 440 g/mol. The average Bonchev–Trinajstić information content (AvgIpc) is 2.72. The number of carbonyl (C=O) groups is 1. The topological polar surface area (TPSA) is 49.8 Å². The maximum Gasteiger partial charge on any atom is 0.335 e. The van der Waals surface area contributed by atoms with Gasteiger partial charge >= 0.3 is 5.97 Å². The van der Waals surface area contributed by atoms with Crippen molar-refractivity contribution in [3.8, 4) is 5.75 Å². The molecule has 0 spiro atoms. The molecule has 4 nitrogen and oxygen atoms in total. The summed E-state index contributed by atoms with van der Waals surface area (Å²) in [7, 11) is 2.01. The summed E-state index contributed by atoms with van der Waals surface area (Å²) in [5.41, 5.74) is 3.39. The molecule has 3 aromatic carbocycles. The molecule has 0 bridgehead atoms. The van der Waals surface area contributed by atoms with Crippen LogP contribution in [0, 0.1) is 0 Å². The van der Waals surface area contributed by atoms with E-state index in [0.717, 1.165) is 27.0 Å². The standard InChI is InChI=1S/C23H22BrNO3/c1-16(18-8-10-19(11-9-18)23(26)27)25(2)21-13-12-20(24)14-22(21)28-15-17-6-4-3-5-7-17/h3-14,16H,15H2,1-2H3,(H,26,27). The number of ether oxygens (including phenoxy) is 1. The van der Waals surface area contributed by atoms with Gasteiger partial charge in [-0.1, -0.05) is 58.4 Å². The van der Waals surface area contributed by atoms with Crippen LogP contribution >= 0.6 is 15.9 Å². The summed E-state index contributed by atoms with van der Waals surface area (Å²) in [6.45, 7) is 2.57. The van der Waals surface area contributed by atoms with Gasteiger partial charge < -0.3 is 14.7 Å². The van der Waals surface area contributed by atoms with Gasteiger partial charge in [-0.2, -0.15) is 0 Å². The van der Waals surface area contributed by atoms with E-state index in [2.05, 4.69) is 27.8 Å². The number of hydrogen-bond acceptors (Lipinski definition) is 3. The van der Waals surface area contributed by atoms with Gasteiger partial charge in [-0.05, 0) is 48.4 Å². The highest BCUT2D eigenvalue weighted by Gasteiger charge is 2.17. The highest BCUT2D eigenvalue weighted by Crippen LogP contribution is 2.35. The molecule has 1 N–H and O–H groups in total. The number of halogens is 1. The molecule has 5 heteroatoms. The lowest BCUT2D eigenvalue weighted by Gasteiger charge is -2.29. The molecule has 0 saturated heterocycles. The summed E-state index contributed by atoms with van der Waals surface area (Å²) in [5.74, 6) is -0.133. The third kappa shape index (κ3) is 4.73. The maximum absolute atomic E-state index is 11.1. The molecule has 144 valence electrons. The van der Waals surface area contributed by atoms with E-state index in [-0.39, 0.29) is 11.6 Å². The first-order valence-electron chi connectivity index (χ1n) is 8.98. The van der Waals surface area contributed by atoms with Crippen LogP contribution in [0.3, 0.4) is 0 Å². The lowest BCUT2D eigenvalue weighted by molar-refractivity contribution is 0.0697. The smallest absolute Gasteiger partial charge is 0.335 e. The van der Waals surface area contributed by atoms with Crippen LogP contribution in [0.15, 0.2) is 77.3 Å². The second-order valence-corrected chi connectivity index (χ2v) is 7.52. The molecule has 0 aliphatic heterocycles. The van der Waals surface area contributed by atoms with Crippen LogP contribution in [0.1, 0.15) is 34.5 Å². The Hall–Kier alpha value is -2.79. The fraction of sp³-hybridized carbons (Fsp3) is 0.174. The maximum atomic E-state index is 11.1. The highest BCUT2D eigenvalue weighted by atomic mass is 79.9. The molecule has 28 heavy (non-hydrogen) atoms. The predicted molar refractivity (Wildman–Crippen MR) is 115 cm³/mol. The summed E-state index contributed by atoms with van der Waals surface area (Å²) < 4.78 is 7.06. The van der Waals surface area contributed by atoms with Gasteiger partial charge in [-0.15, -0.1) is 0 Å². The summed E-state index contributed by atoms with van der Waals surface area (Å²) in [6.07, 6.45) is 0. The number of carboxylic acids is 1. The van der Waals surface area contributed by atoms with Crippen LogP contribution in [-0.2, 0) is 6.61 Å². The molecule has 1 atom stereocenters. The van der Waals surface area contributed by atoms with Crippen molar-refractivity contribution in [3.63, 3.8) is 0 Å². The Morgan fingerprint density at radius 2 is 1.75 bits per heavy atom. The molecular formula is C23H22BrNO3. The lowest BCUT2D eigenvalue weighted by atomic mass is 10.0. The molecule has 0 aliphatic carbocycles. The zero-order valence-corrected chi connectivity index (χ0v) is 17.4. The minimum atomic E-state index is -0.919. The number of hydrogen-bond donors (Lipinski definition) is 1. The Labute approximate surface area is 173 Å². The SMILES string of the molecule is CC(c1ccc(C(=O)O)cc1)N(C)c1ccc(Br)cc1OCc1ccccc1. The molecule has 0 amide bonds. The summed E-state index contributed by atoms with van der Waals surface area (Å²) in [4.78, 5) is 13.2. The van der Waals surface area contributed by atoms with Crippen molar-refractivity contribution in [1.29, 1.82) is 0 Å². The zero-order chi connectivity index (χ0) is 20.1. The van der Waals surface area contributed by atoms with E-state index in [1.807, 2.05) is 67.7 Å². The normalized spacial score (nSPS) is 11.7. The number of aromatic carboxylic acids is 1. The van der Waals surface area contributed by atoms with Crippen LogP contribution in [0.4, 0.5) is 5.69 Å². The molecule has 0 fully saturated rings. The largest absolute Gasteiger partial charge is 0.487 e. The van der Waals surface area contributed by atoms with Crippen LogP contribution in [0.2, 0.25) is 0 Å². The number of nitrogens with zero attached hydrogens (tertiary/aromatic N) is 1. The third-order valence-corrected chi connectivity index (χ3v) is 5.25. The van der Waals surface area contributed by atoms with Gasteiger partial charge in [0.1, 0.15) is 12.4 Å². The Morgan fingerprint density at radius 3 is 2.39 bits per heavy atom. The Kier molecular flexibility index (Phi) is 6.37. The summed E-state index contributed by atoms with van der Waals surface area (Å²) in [5, 5.41) is 9.09. The van der Waals surface area contributed by atoms with Crippen molar-refractivity contribution in [2.24, 2.45) is 0 Å². The molecule has 3 aromatic rings. The van der Waals surface area contributed by atoms with Crippen LogP contribution in [0.25, 0.3) is 0 Å². The molecule has 3 rings (SSSR count). The van der Waals surface area contributed by atoms with Gasteiger partial charge in [0.25, 0.3) is 0 Å². The van der Waals surface area contributed by atoms with Crippen molar-refractivity contribution in [2.45, 2.75) is 19.6 Å². The van der Waals surface area contributed by atoms with E-state index < -0.39 is 5.97 Å². The van der Waals surface area contributed by atoms with Gasteiger partial charge in [0.15, 0.2) is 0 Å². The van der Waals surface area contributed by atoms with E-state index >= 15 is 0 Å². The van der Waals surface area contributed by atoms with Crippen LogP contribution in [0.5, 0.6) is 5.75 Å². The van der Waals surface area contributed by atoms with Crippen molar-refractivity contribution < 1.29 is 14.6 Å².